The van der Waals surface area contributed by atoms with Gasteiger partial charge in [-0.15, -0.1) is 0 Å². The summed E-state index contributed by atoms with van der Waals surface area (Å²) in [4.78, 5) is 14.8. The van der Waals surface area contributed by atoms with Crippen LogP contribution < -0.4 is 0 Å². The number of nitrogens with zero attached hydrogens (tertiary/aromatic N) is 2. The van der Waals surface area contributed by atoms with Gasteiger partial charge in [0.1, 0.15) is 0 Å². The van der Waals surface area contributed by atoms with Crippen molar-refractivity contribution in [1.29, 1.82) is 0 Å². The molecule has 0 radical (unpaired) electrons. The predicted molar refractivity (Wildman–Crippen MR) is 53.9 cm³/mol. The first kappa shape index (κ1) is 13.4. The molecular formula is C9H20N2O3. The van der Waals surface area contributed by atoms with Crippen molar-refractivity contribution in [2.75, 3.05) is 46.9 Å². The van der Waals surface area contributed by atoms with Crippen LogP contribution in [-0.2, 0) is 4.79 Å². The molecule has 2 N–H and O–H groups in total. The van der Waals surface area contributed by atoms with Gasteiger partial charge in [0, 0.05) is 33.1 Å². The molecule has 1 amide bonds. The molecule has 0 saturated carbocycles. The van der Waals surface area contributed by atoms with Crippen molar-refractivity contribution >= 4 is 5.91 Å². The number of rotatable bonds is 7. The van der Waals surface area contributed by atoms with E-state index in [0.29, 0.717) is 26.1 Å². The van der Waals surface area contributed by atoms with Crippen LogP contribution in [0, 0.1) is 0 Å². The molecule has 0 unspecified atom stereocenters. The Labute approximate surface area is 84.9 Å². The van der Waals surface area contributed by atoms with Gasteiger partial charge in [-0.2, -0.15) is 0 Å². The van der Waals surface area contributed by atoms with Crippen LogP contribution in [0.25, 0.3) is 0 Å². The van der Waals surface area contributed by atoms with E-state index in [1.807, 2.05) is 11.9 Å². The van der Waals surface area contributed by atoms with Gasteiger partial charge in [-0.3, -0.25) is 4.79 Å². The first-order valence-corrected chi connectivity index (χ1v) is 4.76. The van der Waals surface area contributed by atoms with E-state index < -0.39 is 0 Å². The van der Waals surface area contributed by atoms with Crippen LogP contribution in [0.3, 0.4) is 0 Å². The summed E-state index contributed by atoms with van der Waals surface area (Å²) in [7, 11) is 3.53. The fourth-order valence-electron chi connectivity index (χ4n) is 1.03. The van der Waals surface area contributed by atoms with Gasteiger partial charge in [0.15, 0.2) is 0 Å². The minimum absolute atomic E-state index is 0.00524. The number of carbonyl (C=O) groups is 1. The lowest BCUT2D eigenvalue weighted by Crippen LogP contribution is -2.33. The van der Waals surface area contributed by atoms with Crippen LogP contribution >= 0.6 is 0 Å². The van der Waals surface area contributed by atoms with Crippen LogP contribution in [0.2, 0.25) is 0 Å². The van der Waals surface area contributed by atoms with Crippen LogP contribution in [0.15, 0.2) is 0 Å². The van der Waals surface area contributed by atoms with E-state index in [2.05, 4.69) is 0 Å². The van der Waals surface area contributed by atoms with Gasteiger partial charge in [0.05, 0.1) is 13.2 Å². The summed E-state index contributed by atoms with van der Waals surface area (Å²) in [6.07, 6.45) is 0.424. The molecule has 5 nitrogen and oxygen atoms in total. The number of amides is 1. The summed E-state index contributed by atoms with van der Waals surface area (Å²) in [6.45, 7) is 1.70. The van der Waals surface area contributed by atoms with E-state index in [-0.39, 0.29) is 19.1 Å². The third kappa shape index (κ3) is 5.90. The third-order valence-corrected chi connectivity index (χ3v) is 2.05. The predicted octanol–water partition coefficient (Wildman–Crippen LogP) is -1.25. The van der Waals surface area contributed by atoms with Crippen molar-refractivity contribution in [2.24, 2.45) is 0 Å². The summed E-state index contributed by atoms with van der Waals surface area (Å²) in [5, 5.41) is 17.2. The van der Waals surface area contributed by atoms with Gasteiger partial charge < -0.3 is 20.0 Å². The number of aliphatic hydroxyl groups excluding tert-OH is 2. The molecule has 0 saturated heterocycles. The van der Waals surface area contributed by atoms with Gasteiger partial charge in [-0.05, 0) is 7.05 Å². The zero-order valence-corrected chi connectivity index (χ0v) is 8.94. The molecule has 0 aromatic heterocycles. The Bertz CT molecular complexity index is 164. The van der Waals surface area contributed by atoms with E-state index >= 15 is 0 Å². The maximum absolute atomic E-state index is 11.4. The monoisotopic (exact) mass is 204 g/mol. The average molecular weight is 204 g/mol. The Balaban J connectivity index is 3.61. The SMILES string of the molecule is CN(CCO)CCC(=O)N(C)CCO. The summed E-state index contributed by atoms with van der Waals surface area (Å²) >= 11 is 0. The Hall–Kier alpha value is -0.650. The number of hydrogen-bond donors (Lipinski definition) is 2. The highest BCUT2D eigenvalue weighted by Gasteiger charge is 2.08. The number of likely N-dealkylation sites (N-methyl/N-ethyl adjacent to an activating group) is 2. The average Bonchev–Trinajstić information content (AvgIpc) is 2.15. The highest BCUT2D eigenvalue weighted by Crippen LogP contribution is 1.93. The first-order chi connectivity index (χ1) is 6.61. The van der Waals surface area contributed by atoms with Crippen LogP contribution in [0.1, 0.15) is 6.42 Å². The Morgan fingerprint density at radius 3 is 2.14 bits per heavy atom. The van der Waals surface area contributed by atoms with Crippen LogP contribution in [0.4, 0.5) is 0 Å². The van der Waals surface area contributed by atoms with Crippen molar-refractivity contribution in [3.05, 3.63) is 0 Å². The Morgan fingerprint density at radius 2 is 1.64 bits per heavy atom. The molecular weight excluding hydrogens is 184 g/mol. The second kappa shape index (κ2) is 7.73. The molecule has 84 valence electrons. The quantitative estimate of drug-likeness (QED) is 0.544. The Kier molecular flexibility index (Phi) is 7.37. The highest BCUT2D eigenvalue weighted by molar-refractivity contribution is 5.76. The molecule has 0 aromatic carbocycles. The highest BCUT2D eigenvalue weighted by atomic mass is 16.3. The second-order valence-corrected chi connectivity index (χ2v) is 3.32. The third-order valence-electron chi connectivity index (χ3n) is 2.05. The molecule has 0 heterocycles. The van der Waals surface area contributed by atoms with E-state index in [1.54, 1.807) is 7.05 Å². The fraction of sp³-hybridized carbons (Fsp3) is 0.889. The van der Waals surface area contributed by atoms with Crippen LogP contribution in [-0.4, -0.2) is 72.9 Å². The summed E-state index contributed by atoms with van der Waals surface area (Å²) < 4.78 is 0. The molecule has 0 fully saturated rings. The molecule has 0 bridgehead atoms. The number of carbonyl (C=O) groups excluding carboxylic acids is 1. The molecule has 0 atom stereocenters. The van der Waals surface area contributed by atoms with Gasteiger partial charge in [0.25, 0.3) is 0 Å². The van der Waals surface area contributed by atoms with E-state index in [1.165, 1.54) is 4.90 Å². The zero-order valence-electron chi connectivity index (χ0n) is 8.94. The number of aliphatic hydroxyl groups is 2. The molecule has 0 aliphatic carbocycles. The molecule has 0 aliphatic rings. The molecule has 14 heavy (non-hydrogen) atoms. The standard InChI is InChI=1S/C9H20N2O3/c1-10(5-7-12)4-3-9(14)11(2)6-8-13/h12-13H,3-8H2,1-2H3. The van der Waals surface area contributed by atoms with Gasteiger partial charge >= 0.3 is 0 Å². The number of hydrogen-bond acceptors (Lipinski definition) is 4. The van der Waals surface area contributed by atoms with Crippen LogP contribution in [0.5, 0.6) is 0 Å². The normalized spacial score (nSPS) is 10.6. The second-order valence-electron chi connectivity index (χ2n) is 3.32. The van der Waals surface area contributed by atoms with E-state index in [0.717, 1.165) is 0 Å². The van der Waals surface area contributed by atoms with Crippen molar-refractivity contribution in [1.82, 2.24) is 9.80 Å². The lowest BCUT2D eigenvalue weighted by Gasteiger charge is -2.18. The van der Waals surface area contributed by atoms with Crippen molar-refractivity contribution in [2.45, 2.75) is 6.42 Å². The van der Waals surface area contributed by atoms with Crippen molar-refractivity contribution in [3.8, 4) is 0 Å². The van der Waals surface area contributed by atoms with Gasteiger partial charge in [-0.25, -0.2) is 0 Å². The fourth-order valence-corrected chi connectivity index (χ4v) is 1.03. The smallest absolute Gasteiger partial charge is 0.223 e. The summed E-state index contributed by atoms with van der Waals surface area (Å²) in [5.74, 6) is 0.0174. The minimum Gasteiger partial charge on any atom is -0.395 e. The van der Waals surface area contributed by atoms with Crippen molar-refractivity contribution in [3.63, 3.8) is 0 Å². The van der Waals surface area contributed by atoms with E-state index in [9.17, 15) is 4.79 Å². The molecule has 0 spiro atoms. The topological polar surface area (TPSA) is 64.0 Å². The summed E-state index contributed by atoms with van der Waals surface area (Å²) in [6, 6.07) is 0. The van der Waals surface area contributed by atoms with Gasteiger partial charge in [0.2, 0.25) is 5.91 Å². The molecule has 0 rings (SSSR count). The lowest BCUT2D eigenvalue weighted by molar-refractivity contribution is -0.130. The van der Waals surface area contributed by atoms with Crippen molar-refractivity contribution < 1.29 is 15.0 Å². The largest absolute Gasteiger partial charge is 0.395 e. The molecule has 5 heteroatoms. The zero-order chi connectivity index (χ0) is 11.0. The maximum atomic E-state index is 11.4. The summed E-state index contributed by atoms with van der Waals surface area (Å²) in [5.41, 5.74) is 0. The van der Waals surface area contributed by atoms with E-state index in [4.69, 9.17) is 10.2 Å². The molecule has 0 aliphatic heterocycles. The minimum atomic E-state index is -0.00524. The first-order valence-electron chi connectivity index (χ1n) is 4.76. The lowest BCUT2D eigenvalue weighted by atomic mass is 10.3. The van der Waals surface area contributed by atoms with Gasteiger partial charge in [-0.1, -0.05) is 0 Å². The molecule has 0 aromatic rings. The maximum Gasteiger partial charge on any atom is 0.223 e. The Morgan fingerprint density at radius 1 is 1.07 bits per heavy atom.